The average molecular weight is 1040 g/mol. The molecule has 1 fully saturated rings. The fourth-order valence-corrected chi connectivity index (χ4v) is 9.36. The number of Topliss-reactive ketones (excluding diaryl/α,β-unsaturated/α-hetero) is 1. The first kappa shape index (κ1) is 57.1. The summed E-state index contributed by atoms with van der Waals surface area (Å²) in [5, 5.41) is 5.93. The van der Waals surface area contributed by atoms with Crippen molar-refractivity contribution in [2.75, 3.05) is 59.7 Å². The Kier molecular flexibility index (Phi) is 20.5. The minimum Gasteiger partial charge on any atom is -0.497 e. The summed E-state index contributed by atoms with van der Waals surface area (Å²) in [6, 6.07) is 26.6. The van der Waals surface area contributed by atoms with Crippen molar-refractivity contribution in [3.63, 3.8) is 0 Å². The molecule has 1 aliphatic heterocycles. The molecule has 0 aliphatic carbocycles. The molecular formula is C50H61N4O18P. The molecule has 1 unspecified atom stereocenters. The number of ether oxygens (including phenoxy) is 8. The number of benzene rings is 3. The smallest absolute Gasteiger partial charge is 0.406 e. The molecule has 0 radical (unpaired) electrons. The molecule has 73 heavy (non-hydrogen) atoms. The van der Waals surface area contributed by atoms with E-state index in [-0.39, 0.29) is 37.7 Å². The minimum atomic E-state index is -4.99. The molecule has 4 aromatic rings. The van der Waals surface area contributed by atoms with Crippen molar-refractivity contribution in [2.24, 2.45) is 5.41 Å². The number of rotatable bonds is 27. The highest BCUT2D eigenvalue weighted by molar-refractivity contribution is 7.51. The predicted molar refractivity (Wildman–Crippen MR) is 259 cm³/mol. The van der Waals surface area contributed by atoms with Crippen molar-refractivity contribution in [1.82, 2.24) is 14.6 Å². The van der Waals surface area contributed by atoms with E-state index >= 15 is 0 Å². The van der Waals surface area contributed by atoms with Gasteiger partial charge in [-0.1, -0.05) is 72.8 Å². The van der Waals surface area contributed by atoms with Gasteiger partial charge in [0.2, 0.25) is 5.41 Å². The molecule has 0 spiro atoms. The fraction of sp³-hybridized carbons (Fsp3) is 0.440. The third kappa shape index (κ3) is 14.0. The van der Waals surface area contributed by atoms with Gasteiger partial charge in [0.1, 0.15) is 47.7 Å². The van der Waals surface area contributed by atoms with E-state index in [0.29, 0.717) is 5.75 Å². The molecule has 22 nitrogen and oxygen atoms in total. The van der Waals surface area contributed by atoms with Crippen LogP contribution >= 0.6 is 7.75 Å². The lowest BCUT2D eigenvalue weighted by Gasteiger charge is -2.37. The number of carbonyl (C=O) groups excluding carboxylic acids is 6. The standard InChI is InChI=1S/C50H61N4O18P/c1-9-66-46(59)49(30-68-34(5)56,47(60)67-10-2)31-70-73(62,53-33(4)45(58)65-8)69-29-39-42(72-41(57)26-21-32(3)55)43(64-7)44(71-39)54-28-27-40(51-48(54)61)52-50(35-17-13-11-14-18-35,36-19-15-12-16-20-36)37-22-24-38(63-6)25-23-37/h11-20,22-25,27-28,33,39,42-44H,9-10,21,26,29-31H2,1-8H3,(H,53,62)(H,51,52,61)/t33-,39+,42+,43+,44+,73?/m0/s1. The van der Waals surface area contributed by atoms with Crippen molar-refractivity contribution in [3.05, 3.63) is 124 Å². The van der Waals surface area contributed by atoms with Gasteiger partial charge in [0.25, 0.3) is 0 Å². The van der Waals surface area contributed by atoms with Gasteiger partial charge < -0.3 is 48.0 Å². The maximum Gasteiger partial charge on any atom is 0.406 e. The summed E-state index contributed by atoms with van der Waals surface area (Å²) in [6.45, 7) is 2.98. The number of methoxy groups -OCH3 is 3. The molecule has 2 N–H and O–H groups in total. The molecular weight excluding hydrogens is 976 g/mol. The molecule has 23 heteroatoms. The Bertz CT molecular complexity index is 2580. The maximum atomic E-state index is 14.8. The maximum absolute atomic E-state index is 14.8. The Balaban J connectivity index is 1.55. The van der Waals surface area contributed by atoms with Gasteiger partial charge in [0.15, 0.2) is 12.3 Å². The molecule has 5 rings (SSSR count). The SMILES string of the molecule is CCOC(=O)C(COC(C)=O)(COP(=O)(N[C@@H](C)C(=O)OC)OC[C@H]1O[C@@H](n2ccc(NC(c3ccccc3)(c3ccccc3)c3ccc(OC)cc3)nc2=O)[C@H](OC)[C@@H]1OC(=O)CCC(C)=O)C(=O)OCC. The van der Waals surface area contributed by atoms with Gasteiger partial charge in [-0.15, -0.1) is 0 Å². The molecule has 1 aromatic heterocycles. The summed E-state index contributed by atoms with van der Waals surface area (Å²) in [7, 11) is -1.10. The second-order valence-electron chi connectivity index (χ2n) is 16.5. The zero-order chi connectivity index (χ0) is 53.3. The van der Waals surface area contributed by atoms with Crippen LogP contribution in [0, 0.1) is 5.41 Å². The van der Waals surface area contributed by atoms with Crippen molar-refractivity contribution < 1.29 is 80.3 Å². The van der Waals surface area contributed by atoms with Gasteiger partial charge in [0, 0.05) is 26.7 Å². The van der Waals surface area contributed by atoms with E-state index in [4.69, 9.17) is 46.9 Å². The molecule has 0 amide bonds. The van der Waals surface area contributed by atoms with Crippen molar-refractivity contribution in [3.8, 4) is 5.75 Å². The average Bonchev–Trinajstić information content (AvgIpc) is 3.73. The lowest BCUT2D eigenvalue weighted by molar-refractivity contribution is -0.181. The number of ketones is 1. The van der Waals surface area contributed by atoms with Crippen LogP contribution < -0.4 is 20.8 Å². The van der Waals surface area contributed by atoms with Crippen LogP contribution in [0.5, 0.6) is 5.75 Å². The van der Waals surface area contributed by atoms with Gasteiger partial charge in [0.05, 0.1) is 47.1 Å². The summed E-state index contributed by atoms with van der Waals surface area (Å²) >= 11 is 0. The van der Waals surface area contributed by atoms with Gasteiger partial charge in [-0.3, -0.25) is 37.6 Å². The van der Waals surface area contributed by atoms with Crippen molar-refractivity contribution in [2.45, 2.75) is 83.6 Å². The molecule has 0 bridgehead atoms. The normalized spacial score (nSPS) is 17.8. The lowest BCUT2D eigenvalue weighted by Crippen LogP contribution is -2.50. The first-order valence-corrected chi connectivity index (χ1v) is 24.7. The van der Waals surface area contributed by atoms with E-state index in [1.807, 2.05) is 84.9 Å². The van der Waals surface area contributed by atoms with Crippen LogP contribution in [0.2, 0.25) is 0 Å². The highest BCUT2D eigenvalue weighted by Gasteiger charge is 2.54. The van der Waals surface area contributed by atoms with Crippen molar-refractivity contribution >= 4 is 49.2 Å². The molecule has 1 saturated heterocycles. The third-order valence-corrected chi connectivity index (χ3v) is 13.2. The lowest BCUT2D eigenvalue weighted by atomic mass is 9.77. The highest BCUT2D eigenvalue weighted by Crippen LogP contribution is 2.48. The molecule has 3 aromatic carbocycles. The van der Waals surface area contributed by atoms with Crippen molar-refractivity contribution in [1.29, 1.82) is 0 Å². The molecule has 6 atom stereocenters. The minimum absolute atomic E-state index is 0.142. The Morgan fingerprint density at radius 2 is 1.36 bits per heavy atom. The molecule has 2 heterocycles. The zero-order valence-corrected chi connectivity index (χ0v) is 42.7. The zero-order valence-electron chi connectivity index (χ0n) is 41.8. The summed E-state index contributed by atoms with van der Waals surface area (Å²) < 4.78 is 71.1. The van der Waals surface area contributed by atoms with Crippen LogP contribution in [-0.2, 0) is 81.1 Å². The van der Waals surface area contributed by atoms with Crippen LogP contribution in [-0.4, -0.2) is 124 Å². The van der Waals surface area contributed by atoms with Crippen LogP contribution in [0.1, 0.15) is 70.4 Å². The van der Waals surface area contributed by atoms with Gasteiger partial charge in [-0.25, -0.2) is 14.4 Å². The molecule has 1 aliphatic rings. The quantitative estimate of drug-likeness (QED) is 0.0266. The van der Waals surface area contributed by atoms with Crippen LogP contribution in [0.25, 0.3) is 0 Å². The number of carbonyl (C=O) groups is 6. The number of esters is 5. The summed E-state index contributed by atoms with van der Waals surface area (Å²) in [5.41, 5.74) is -2.15. The van der Waals surface area contributed by atoms with E-state index in [2.05, 4.69) is 15.4 Å². The summed E-state index contributed by atoms with van der Waals surface area (Å²) in [6.07, 6.45) is -4.77. The number of hydrogen-bond donors (Lipinski definition) is 2. The highest BCUT2D eigenvalue weighted by atomic mass is 31.2. The number of nitrogens with zero attached hydrogens (tertiary/aromatic N) is 2. The fourth-order valence-electron chi connectivity index (χ4n) is 7.82. The van der Waals surface area contributed by atoms with Crippen LogP contribution in [0.3, 0.4) is 0 Å². The Morgan fingerprint density at radius 1 is 0.767 bits per heavy atom. The van der Waals surface area contributed by atoms with Gasteiger partial charge in [-0.05, 0) is 62.6 Å². The van der Waals surface area contributed by atoms with Crippen LogP contribution in [0.4, 0.5) is 5.82 Å². The first-order valence-electron chi connectivity index (χ1n) is 23.1. The monoisotopic (exact) mass is 1040 g/mol. The number of hydrogen-bond acceptors (Lipinski definition) is 20. The number of nitrogens with one attached hydrogen (secondary N) is 2. The third-order valence-electron chi connectivity index (χ3n) is 11.5. The largest absolute Gasteiger partial charge is 0.497 e. The van der Waals surface area contributed by atoms with E-state index in [0.717, 1.165) is 35.3 Å². The summed E-state index contributed by atoms with van der Waals surface area (Å²) in [5.74, 6) is -4.78. The Hall–Kier alpha value is -6.81. The number of anilines is 1. The topological polar surface area (TPSA) is 271 Å². The van der Waals surface area contributed by atoms with E-state index in [1.54, 1.807) is 7.11 Å². The first-order chi connectivity index (χ1) is 34.9. The van der Waals surface area contributed by atoms with E-state index in [9.17, 15) is 38.1 Å². The molecule has 0 saturated carbocycles. The van der Waals surface area contributed by atoms with Gasteiger partial charge in [-0.2, -0.15) is 4.98 Å². The van der Waals surface area contributed by atoms with Gasteiger partial charge >= 0.3 is 43.3 Å². The van der Waals surface area contributed by atoms with Crippen LogP contribution in [0.15, 0.2) is 102 Å². The van der Waals surface area contributed by atoms with E-state index < -0.39 is 105 Å². The number of aromatic nitrogens is 2. The second-order valence-corrected chi connectivity index (χ2v) is 18.3. The second kappa shape index (κ2) is 26.2. The predicted octanol–water partition coefficient (Wildman–Crippen LogP) is 4.82. The Morgan fingerprint density at radius 3 is 1.86 bits per heavy atom. The molecule has 394 valence electrons. The van der Waals surface area contributed by atoms with E-state index in [1.165, 1.54) is 47.1 Å². The summed E-state index contributed by atoms with van der Waals surface area (Å²) in [4.78, 5) is 95.6. The Labute approximate surface area is 421 Å².